The maximum absolute atomic E-state index is 15.1. The summed E-state index contributed by atoms with van der Waals surface area (Å²) in [6.45, 7) is 3.82. The van der Waals surface area contributed by atoms with Crippen LogP contribution < -0.4 is 15.3 Å². The van der Waals surface area contributed by atoms with Crippen molar-refractivity contribution in [3.63, 3.8) is 0 Å². The predicted molar refractivity (Wildman–Crippen MR) is 244 cm³/mol. The van der Waals surface area contributed by atoms with E-state index in [2.05, 4.69) is 39.8 Å². The van der Waals surface area contributed by atoms with Gasteiger partial charge in [0.15, 0.2) is 22.6 Å². The molecule has 344 valence electrons. The van der Waals surface area contributed by atoms with Crippen LogP contribution in [0.15, 0.2) is 67.0 Å². The number of para-hydroxylation sites is 1. The molecule has 2 aromatic carbocycles. The summed E-state index contributed by atoms with van der Waals surface area (Å²) >= 11 is 0. The number of unbranched alkanes of at least 4 members (excludes halogenated alkanes) is 14. The van der Waals surface area contributed by atoms with Gasteiger partial charge in [-0.05, 0) is 49.8 Å². The molecular weight excluding hydrogens is 823 g/mol. The normalized spacial score (nSPS) is 18.9. The molecular formula is C48H68FN6O7P. The van der Waals surface area contributed by atoms with Crippen LogP contribution in [-0.2, 0) is 29.8 Å². The molecule has 1 aliphatic rings. The van der Waals surface area contributed by atoms with E-state index in [0.29, 0.717) is 0 Å². The third-order valence-corrected chi connectivity index (χ3v) is 13.2. The first kappa shape index (κ1) is 49.6. The highest BCUT2D eigenvalue weighted by Gasteiger charge is 2.50. The van der Waals surface area contributed by atoms with Gasteiger partial charge in [-0.1, -0.05) is 158 Å². The van der Waals surface area contributed by atoms with Gasteiger partial charge in [-0.25, -0.2) is 9.55 Å². The highest BCUT2D eigenvalue weighted by Crippen LogP contribution is 2.48. The molecule has 0 bridgehead atoms. The van der Waals surface area contributed by atoms with E-state index in [-0.39, 0.29) is 41.7 Å². The molecule has 0 saturated carbocycles. The van der Waals surface area contributed by atoms with Gasteiger partial charge < -0.3 is 24.8 Å². The van der Waals surface area contributed by atoms with Crippen LogP contribution in [0, 0.1) is 18.4 Å². The molecule has 3 heterocycles. The SMILES string of the molecule is C#C[C@]1(CO[P@](=O)(N[C@@H](Cc2ccccc2)C(=O)OC(CCCCCCCCCC)CCCCCCCCCC)Oc2ccccc2)O[C@@H](n2cnc3c(N)nc(F)nc32)C[C@@H]1O. The second-order valence-corrected chi connectivity index (χ2v) is 18.4. The highest BCUT2D eigenvalue weighted by atomic mass is 31.2. The van der Waals surface area contributed by atoms with Gasteiger partial charge in [-0.3, -0.25) is 13.9 Å². The fourth-order valence-corrected chi connectivity index (χ4v) is 9.50. The van der Waals surface area contributed by atoms with Crippen molar-refractivity contribution in [1.29, 1.82) is 0 Å². The van der Waals surface area contributed by atoms with Gasteiger partial charge in [-0.2, -0.15) is 19.4 Å². The molecule has 0 amide bonds. The third kappa shape index (κ3) is 15.4. The average molecular weight is 891 g/mol. The molecule has 4 N–H and O–H groups in total. The van der Waals surface area contributed by atoms with Crippen LogP contribution in [0.3, 0.4) is 0 Å². The number of nitrogen functional groups attached to an aromatic ring is 1. The zero-order valence-corrected chi connectivity index (χ0v) is 38.1. The number of ether oxygens (including phenoxy) is 2. The number of benzene rings is 2. The first-order valence-electron chi connectivity index (χ1n) is 23.1. The number of nitrogens with two attached hydrogens (primary N) is 1. The Kier molecular flexibility index (Phi) is 20.3. The monoisotopic (exact) mass is 890 g/mol. The number of aliphatic hydroxyl groups is 1. The molecule has 5 atom stereocenters. The maximum atomic E-state index is 15.1. The lowest BCUT2D eigenvalue weighted by Gasteiger charge is -2.30. The quantitative estimate of drug-likeness (QED) is 0.0149. The summed E-state index contributed by atoms with van der Waals surface area (Å²) in [5.41, 5.74) is 4.99. The van der Waals surface area contributed by atoms with Gasteiger partial charge in [0, 0.05) is 6.42 Å². The number of imidazole rings is 1. The van der Waals surface area contributed by atoms with E-state index < -0.39 is 50.4 Å². The first-order valence-corrected chi connectivity index (χ1v) is 24.6. The number of esters is 1. The number of terminal acetylenes is 1. The number of rotatable bonds is 30. The number of hydrogen-bond donors (Lipinski definition) is 3. The number of carbonyl (C=O) groups is 1. The second kappa shape index (κ2) is 25.8. The van der Waals surface area contributed by atoms with Gasteiger partial charge in [0.25, 0.3) is 0 Å². The van der Waals surface area contributed by atoms with Crippen molar-refractivity contribution in [1.82, 2.24) is 24.6 Å². The largest absolute Gasteiger partial charge is 0.461 e. The van der Waals surface area contributed by atoms with E-state index in [1.54, 1.807) is 30.3 Å². The van der Waals surface area contributed by atoms with Crippen molar-refractivity contribution in [3.05, 3.63) is 78.6 Å². The molecule has 13 nitrogen and oxygen atoms in total. The maximum Gasteiger partial charge on any atom is 0.459 e. The summed E-state index contributed by atoms with van der Waals surface area (Å²) in [6, 6.07) is 16.6. The average Bonchev–Trinajstić information content (AvgIpc) is 3.85. The van der Waals surface area contributed by atoms with Crippen LogP contribution in [0.25, 0.3) is 11.2 Å². The standard InChI is InChI=1S/C48H68FN6O7P/c1-4-7-9-11-13-15-17-23-29-38(30-24-18-16-14-12-10-8-5-2)60-46(57)40(33-37-27-21-19-22-28-37)54-63(58,62-39-31-25-20-26-32-39)59-35-48(6-3)41(56)34-42(61-48)55-36-51-43-44(50)52-47(49)53-45(43)55/h3,19-22,25-28,31-32,36,38,40-42,56H,4-5,7-18,23-24,29-30,33-35H2,1-2H3,(H,54,58)(H2,50,52,53)/t40-,41-,42+,48+,63+/m0/s1. The van der Waals surface area contributed by atoms with Crippen molar-refractivity contribution in [2.24, 2.45) is 0 Å². The van der Waals surface area contributed by atoms with Gasteiger partial charge in [-0.15, -0.1) is 6.42 Å². The van der Waals surface area contributed by atoms with Crippen molar-refractivity contribution < 1.29 is 37.4 Å². The molecule has 0 unspecified atom stereocenters. The zero-order valence-electron chi connectivity index (χ0n) is 37.2. The number of carbonyl (C=O) groups excluding carboxylic acids is 1. The molecule has 1 saturated heterocycles. The Balaban J connectivity index is 1.34. The van der Waals surface area contributed by atoms with Crippen molar-refractivity contribution in [2.45, 2.75) is 172 Å². The lowest BCUT2D eigenvalue weighted by atomic mass is 9.99. The molecule has 0 aliphatic carbocycles. The van der Waals surface area contributed by atoms with Gasteiger partial charge >= 0.3 is 19.8 Å². The lowest BCUT2D eigenvalue weighted by Crippen LogP contribution is -2.45. The number of hydrogen-bond acceptors (Lipinski definition) is 11. The van der Waals surface area contributed by atoms with Crippen LogP contribution in [0.2, 0.25) is 0 Å². The molecule has 15 heteroatoms. The Morgan fingerprint density at radius 2 is 1.51 bits per heavy atom. The number of anilines is 1. The Morgan fingerprint density at radius 1 is 0.937 bits per heavy atom. The van der Waals surface area contributed by atoms with E-state index in [1.807, 2.05) is 30.3 Å². The minimum atomic E-state index is -4.53. The van der Waals surface area contributed by atoms with Crippen LogP contribution in [0.4, 0.5) is 10.2 Å². The summed E-state index contributed by atoms with van der Waals surface area (Å²) < 4.78 is 55.5. The smallest absolute Gasteiger partial charge is 0.459 e. The first-order chi connectivity index (χ1) is 30.6. The molecule has 2 aromatic heterocycles. The minimum Gasteiger partial charge on any atom is -0.461 e. The Bertz CT molecular complexity index is 2030. The van der Waals surface area contributed by atoms with Crippen LogP contribution in [-0.4, -0.2) is 61.1 Å². The third-order valence-electron chi connectivity index (χ3n) is 11.6. The molecule has 5 rings (SSSR count). The molecule has 1 aliphatic heterocycles. The van der Waals surface area contributed by atoms with Crippen LogP contribution in [0.1, 0.15) is 148 Å². The Hall–Kier alpha value is -4.38. The van der Waals surface area contributed by atoms with Crippen molar-refractivity contribution >= 4 is 30.7 Å². The lowest BCUT2D eigenvalue weighted by molar-refractivity contribution is -0.152. The number of aliphatic hydroxyl groups excluding tert-OH is 1. The molecule has 63 heavy (non-hydrogen) atoms. The van der Waals surface area contributed by atoms with E-state index in [0.717, 1.165) is 56.9 Å². The molecule has 4 aromatic rings. The van der Waals surface area contributed by atoms with Crippen molar-refractivity contribution in [3.8, 4) is 18.1 Å². The number of nitrogens with one attached hydrogen (secondary N) is 1. The van der Waals surface area contributed by atoms with Gasteiger partial charge in [0.1, 0.15) is 36.8 Å². The minimum absolute atomic E-state index is 0.0380. The summed E-state index contributed by atoms with van der Waals surface area (Å²) in [6.07, 6.45) is 23.9. The fraction of sp³-hybridized carbons (Fsp3) is 0.583. The predicted octanol–water partition coefficient (Wildman–Crippen LogP) is 10.6. The number of nitrogens with zero attached hydrogens (tertiary/aromatic N) is 4. The van der Waals surface area contributed by atoms with Gasteiger partial charge in [0.2, 0.25) is 0 Å². The summed E-state index contributed by atoms with van der Waals surface area (Å²) in [4.78, 5) is 26.0. The van der Waals surface area contributed by atoms with E-state index in [9.17, 15) is 14.3 Å². The van der Waals surface area contributed by atoms with Crippen LogP contribution in [0.5, 0.6) is 5.75 Å². The van der Waals surface area contributed by atoms with E-state index in [1.165, 1.54) is 75.1 Å². The second-order valence-electron chi connectivity index (χ2n) is 16.7. The molecule has 1 fully saturated rings. The number of aromatic nitrogens is 4. The van der Waals surface area contributed by atoms with Gasteiger partial charge in [0.05, 0.1) is 6.33 Å². The van der Waals surface area contributed by atoms with E-state index >= 15 is 4.57 Å². The summed E-state index contributed by atoms with van der Waals surface area (Å²) in [5, 5.41) is 14.3. The fourth-order valence-electron chi connectivity index (χ4n) is 7.98. The van der Waals surface area contributed by atoms with Crippen molar-refractivity contribution in [2.75, 3.05) is 12.3 Å². The Morgan fingerprint density at radius 3 is 2.10 bits per heavy atom. The molecule has 0 radical (unpaired) electrons. The molecule has 0 spiro atoms. The topological polar surface area (TPSA) is 173 Å². The zero-order chi connectivity index (χ0) is 44.9. The number of fused-ring (bicyclic) bond motifs is 1. The highest BCUT2D eigenvalue weighted by molar-refractivity contribution is 7.52. The van der Waals surface area contributed by atoms with Crippen LogP contribution >= 0.6 is 7.75 Å². The summed E-state index contributed by atoms with van der Waals surface area (Å²) in [5.74, 6) is 1.95. The summed E-state index contributed by atoms with van der Waals surface area (Å²) in [7, 11) is -4.53. The van der Waals surface area contributed by atoms with E-state index in [4.69, 9.17) is 30.7 Å². The Labute approximate surface area is 373 Å². The number of halogens is 1.